The molecule has 0 unspecified atom stereocenters. The Kier molecular flexibility index (Phi) is 4.84. The van der Waals surface area contributed by atoms with Crippen LogP contribution in [-0.4, -0.2) is 6.61 Å². The zero-order chi connectivity index (χ0) is 13.0. The molecule has 2 rings (SSSR count). The molecule has 0 aliphatic rings. The van der Waals surface area contributed by atoms with E-state index in [1.165, 1.54) is 11.1 Å². The van der Waals surface area contributed by atoms with E-state index in [4.69, 9.17) is 4.74 Å². The smallest absolute Gasteiger partial charge is 0.119 e. The molecule has 0 bridgehead atoms. The highest BCUT2D eigenvalue weighted by Crippen LogP contribution is 2.28. The van der Waals surface area contributed by atoms with Gasteiger partial charge < -0.3 is 4.74 Å². The van der Waals surface area contributed by atoms with E-state index in [-0.39, 0.29) is 0 Å². The van der Waals surface area contributed by atoms with Crippen molar-refractivity contribution in [3.05, 3.63) is 62.5 Å². The molecule has 0 amide bonds. The predicted octanol–water partition coefficient (Wildman–Crippen LogP) is 5.20. The highest BCUT2D eigenvalue weighted by Gasteiger charge is 2.04. The molecule has 0 aliphatic carbocycles. The van der Waals surface area contributed by atoms with Crippen LogP contribution in [0.1, 0.15) is 18.1 Å². The Morgan fingerprint density at radius 3 is 2.39 bits per heavy atom. The SMILES string of the molecule is CCOc1ccc(Cc2cccc(Br)c2Br)cc1. The quantitative estimate of drug-likeness (QED) is 0.719. The third-order valence-electron chi connectivity index (χ3n) is 2.66. The van der Waals surface area contributed by atoms with Gasteiger partial charge in [0.15, 0.2) is 0 Å². The zero-order valence-corrected chi connectivity index (χ0v) is 13.3. The Labute approximate surface area is 124 Å². The molecule has 0 heterocycles. The number of rotatable bonds is 4. The van der Waals surface area contributed by atoms with Gasteiger partial charge in [-0.15, -0.1) is 0 Å². The number of ether oxygens (including phenoxy) is 1. The normalized spacial score (nSPS) is 10.4. The summed E-state index contributed by atoms with van der Waals surface area (Å²) in [4.78, 5) is 0. The van der Waals surface area contributed by atoms with E-state index in [1.54, 1.807) is 0 Å². The third-order valence-corrected chi connectivity index (χ3v) is 4.79. The number of benzene rings is 2. The van der Waals surface area contributed by atoms with Crippen LogP contribution in [0.5, 0.6) is 5.75 Å². The van der Waals surface area contributed by atoms with Crippen molar-refractivity contribution >= 4 is 31.9 Å². The molecule has 0 atom stereocenters. The molecule has 3 heteroatoms. The van der Waals surface area contributed by atoms with Gasteiger partial charge in [0.05, 0.1) is 6.61 Å². The first kappa shape index (κ1) is 13.6. The second kappa shape index (κ2) is 6.39. The van der Waals surface area contributed by atoms with E-state index in [1.807, 2.05) is 25.1 Å². The van der Waals surface area contributed by atoms with E-state index >= 15 is 0 Å². The Morgan fingerprint density at radius 2 is 1.72 bits per heavy atom. The van der Waals surface area contributed by atoms with E-state index in [2.05, 4.69) is 56.1 Å². The van der Waals surface area contributed by atoms with E-state index in [0.717, 1.165) is 21.1 Å². The second-order valence-electron chi connectivity index (χ2n) is 3.97. The molecule has 0 aliphatic heterocycles. The molecule has 0 saturated carbocycles. The summed E-state index contributed by atoms with van der Waals surface area (Å²) in [7, 11) is 0. The molecule has 0 spiro atoms. The van der Waals surface area contributed by atoms with Crippen LogP contribution < -0.4 is 4.74 Å². The number of halogens is 2. The van der Waals surface area contributed by atoms with Gasteiger partial charge in [-0.2, -0.15) is 0 Å². The molecule has 2 aromatic carbocycles. The standard InChI is InChI=1S/C15H14Br2O/c1-2-18-13-8-6-11(7-9-13)10-12-4-3-5-14(16)15(12)17/h3-9H,2,10H2,1H3. The molecule has 94 valence electrons. The lowest BCUT2D eigenvalue weighted by Gasteiger charge is -2.08. The Bertz CT molecular complexity index is 521. The van der Waals surface area contributed by atoms with Crippen molar-refractivity contribution in [2.45, 2.75) is 13.3 Å². The van der Waals surface area contributed by atoms with Gasteiger partial charge in [-0.05, 0) is 74.5 Å². The fourth-order valence-electron chi connectivity index (χ4n) is 1.78. The molecule has 1 nitrogen and oxygen atoms in total. The van der Waals surface area contributed by atoms with Crippen molar-refractivity contribution in [1.29, 1.82) is 0 Å². The van der Waals surface area contributed by atoms with Crippen molar-refractivity contribution < 1.29 is 4.74 Å². The molecule has 0 saturated heterocycles. The minimum Gasteiger partial charge on any atom is -0.494 e. The van der Waals surface area contributed by atoms with Crippen LogP contribution in [0, 0.1) is 0 Å². The van der Waals surface area contributed by atoms with Gasteiger partial charge in [-0.3, -0.25) is 0 Å². The Hall–Kier alpha value is -0.800. The van der Waals surface area contributed by atoms with Crippen LogP contribution in [0.3, 0.4) is 0 Å². The summed E-state index contributed by atoms with van der Waals surface area (Å²) < 4.78 is 7.65. The monoisotopic (exact) mass is 368 g/mol. The molecule has 18 heavy (non-hydrogen) atoms. The van der Waals surface area contributed by atoms with Crippen molar-refractivity contribution in [3.63, 3.8) is 0 Å². The van der Waals surface area contributed by atoms with Crippen LogP contribution in [0.4, 0.5) is 0 Å². The maximum absolute atomic E-state index is 5.44. The van der Waals surface area contributed by atoms with Gasteiger partial charge >= 0.3 is 0 Å². The maximum atomic E-state index is 5.44. The topological polar surface area (TPSA) is 9.23 Å². The molecule has 0 radical (unpaired) electrons. The van der Waals surface area contributed by atoms with Crippen LogP contribution in [-0.2, 0) is 6.42 Å². The summed E-state index contributed by atoms with van der Waals surface area (Å²) >= 11 is 7.13. The van der Waals surface area contributed by atoms with Crippen LogP contribution in [0.15, 0.2) is 51.4 Å². The lowest BCUT2D eigenvalue weighted by Crippen LogP contribution is -1.93. The fourth-order valence-corrected chi connectivity index (χ4v) is 2.59. The minimum atomic E-state index is 0.705. The van der Waals surface area contributed by atoms with E-state index in [0.29, 0.717) is 6.61 Å². The van der Waals surface area contributed by atoms with Crippen LogP contribution in [0.25, 0.3) is 0 Å². The van der Waals surface area contributed by atoms with Gasteiger partial charge in [0.1, 0.15) is 5.75 Å². The van der Waals surface area contributed by atoms with Crippen molar-refractivity contribution in [1.82, 2.24) is 0 Å². The summed E-state index contributed by atoms with van der Waals surface area (Å²) in [6, 6.07) is 14.5. The van der Waals surface area contributed by atoms with Gasteiger partial charge in [0, 0.05) is 8.95 Å². The first-order chi connectivity index (χ1) is 8.70. The van der Waals surface area contributed by atoms with Crippen molar-refractivity contribution in [2.24, 2.45) is 0 Å². The fraction of sp³-hybridized carbons (Fsp3) is 0.200. The largest absolute Gasteiger partial charge is 0.494 e. The van der Waals surface area contributed by atoms with E-state index < -0.39 is 0 Å². The minimum absolute atomic E-state index is 0.705. The first-order valence-corrected chi connectivity index (χ1v) is 7.44. The average molecular weight is 370 g/mol. The summed E-state index contributed by atoms with van der Waals surface area (Å²) in [5.74, 6) is 0.926. The molecule has 2 aromatic rings. The predicted molar refractivity (Wildman–Crippen MR) is 82.3 cm³/mol. The van der Waals surface area contributed by atoms with Gasteiger partial charge in [-0.25, -0.2) is 0 Å². The summed E-state index contributed by atoms with van der Waals surface area (Å²) in [6.45, 7) is 2.70. The highest BCUT2D eigenvalue weighted by molar-refractivity contribution is 9.13. The molecule has 0 fully saturated rings. The maximum Gasteiger partial charge on any atom is 0.119 e. The van der Waals surface area contributed by atoms with Gasteiger partial charge in [-0.1, -0.05) is 24.3 Å². The van der Waals surface area contributed by atoms with Crippen molar-refractivity contribution in [2.75, 3.05) is 6.61 Å². The van der Waals surface area contributed by atoms with Crippen molar-refractivity contribution in [3.8, 4) is 5.75 Å². The lowest BCUT2D eigenvalue weighted by atomic mass is 10.1. The highest BCUT2D eigenvalue weighted by atomic mass is 79.9. The first-order valence-electron chi connectivity index (χ1n) is 5.85. The van der Waals surface area contributed by atoms with Crippen LogP contribution >= 0.6 is 31.9 Å². The zero-order valence-electron chi connectivity index (χ0n) is 10.1. The summed E-state index contributed by atoms with van der Waals surface area (Å²) in [5, 5.41) is 0. The lowest BCUT2D eigenvalue weighted by molar-refractivity contribution is 0.340. The second-order valence-corrected chi connectivity index (χ2v) is 5.61. The Balaban J connectivity index is 2.16. The van der Waals surface area contributed by atoms with Gasteiger partial charge in [0.2, 0.25) is 0 Å². The molecular weight excluding hydrogens is 356 g/mol. The third kappa shape index (κ3) is 3.36. The summed E-state index contributed by atoms with van der Waals surface area (Å²) in [6.07, 6.45) is 0.909. The molecular formula is C15H14Br2O. The van der Waals surface area contributed by atoms with Gasteiger partial charge in [0.25, 0.3) is 0 Å². The van der Waals surface area contributed by atoms with Crippen LogP contribution in [0.2, 0.25) is 0 Å². The summed E-state index contributed by atoms with van der Waals surface area (Å²) in [5.41, 5.74) is 2.55. The molecule has 0 aromatic heterocycles. The average Bonchev–Trinajstić information content (AvgIpc) is 2.38. The molecule has 0 N–H and O–H groups in total. The number of hydrogen-bond acceptors (Lipinski definition) is 1. The van der Waals surface area contributed by atoms with E-state index in [9.17, 15) is 0 Å². The Morgan fingerprint density at radius 1 is 1.00 bits per heavy atom. The number of hydrogen-bond donors (Lipinski definition) is 0.